The zero-order valence-electron chi connectivity index (χ0n) is 16.0. The van der Waals surface area contributed by atoms with E-state index in [9.17, 15) is 0 Å². The van der Waals surface area contributed by atoms with Gasteiger partial charge in [0.2, 0.25) is 5.95 Å². The van der Waals surface area contributed by atoms with E-state index in [0.717, 1.165) is 43.4 Å². The molecular formula is C18H20Cl2N8OS. The number of anilines is 2. The molecule has 1 unspecified atom stereocenters. The molecule has 3 aromatic rings. The Morgan fingerprint density at radius 1 is 1.23 bits per heavy atom. The van der Waals surface area contributed by atoms with Gasteiger partial charge in [0.25, 0.3) is 0 Å². The molecule has 2 aliphatic rings. The summed E-state index contributed by atoms with van der Waals surface area (Å²) in [5, 5.41) is 8.89. The predicted molar refractivity (Wildman–Crippen MR) is 116 cm³/mol. The summed E-state index contributed by atoms with van der Waals surface area (Å²) in [5.41, 5.74) is 12.9. The minimum atomic E-state index is 0.0793. The number of pyridine rings is 1. The molecule has 0 saturated carbocycles. The van der Waals surface area contributed by atoms with Crippen molar-refractivity contribution in [1.29, 1.82) is 0 Å². The minimum Gasteiger partial charge on any atom is -0.384 e. The Hall–Kier alpha value is -1.85. The van der Waals surface area contributed by atoms with Crippen molar-refractivity contribution in [3.63, 3.8) is 0 Å². The van der Waals surface area contributed by atoms with Crippen LogP contribution in [0.4, 0.5) is 11.8 Å². The Balaban J connectivity index is 1.43. The van der Waals surface area contributed by atoms with Gasteiger partial charge >= 0.3 is 0 Å². The quantitative estimate of drug-likeness (QED) is 0.560. The van der Waals surface area contributed by atoms with E-state index >= 15 is 0 Å². The molecule has 0 bridgehead atoms. The second kappa shape index (κ2) is 7.69. The third-order valence-corrected chi connectivity index (χ3v) is 7.83. The van der Waals surface area contributed by atoms with Crippen LogP contribution in [0.3, 0.4) is 0 Å². The number of piperidine rings is 1. The van der Waals surface area contributed by atoms with Crippen LogP contribution in [0.1, 0.15) is 12.8 Å². The highest BCUT2D eigenvalue weighted by Gasteiger charge is 2.44. The average molecular weight is 467 g/mol. The molecule has 5 heterocycles. The molecule has 0 amide bonds. The van der Waals surface area contributed by atoms with E-state index in [4.69, 9.17) is 44.4 Å². The SMILES string of the molecule is Nc1cc(Sc2cnc(N3CCC4(CC3)COCC4N)n3cnnc23)c(Cl)c(Cl)n1. The van der Waals surface area contributed by atoms with Crippen molar-refractivity contribution in [2.45, 2.75) is 28.7 Å². The van der Waals surface area contributed by atoms with Crippen molar-refractivity contribution in [1.82, 2.24) is 24.6 Å². The summed E-state index contributed by atoms with van der Waals surface area (Å²) in [6.45, 7) is 3.09. The van der Waals surface area contributed by atoms with Crippen molar-refractivity contribution in [3.8, 4) is 0 Å². The van der Waals surface area contributed by atoms with Crippen LogP contribution < -0.4 is 16.4 Å². The largest absolute Gasteiger partial charge is 0.384 e. The molecule has 3 aromatic heterocycles. The van der Waals surface area contributed by atoms with Crippen molar-refractivity contribution in [2.24, 2.45) is 11.1 Å². The first-order chi connectivity index (χ1) is 14.5. The molecule has 0 aromatic carbocycles. The number of nitrogens with two attached hydrogens (primary N) is 2. The third kappa shape index (κ3) is 3.36. The van der Waals surface area contributed by atoms with Crippen LogP contribution in [0.2, 0.25) is 10.2 Å². The Morgan fingerprint density at radius 3 is 2.77 bits per heavy atom. The molecule has 9 nitrogen and oxygen atoms in total. The topological polar surface area (TPSA) is 120 Å². The highest BCUT2D eigenvalue weighted by molar-refractivity contribution is 7.99. The zero-order valence-corrected chi connectivity index (χ0v) is 18.3. The lowest BCUT2D eigenvalue weighted by Gasteiger charge is -2.41. The van der Waals surface area contributed by atoms with Crippen LogP contribution in [0.15, 0.2) is 28.4 Å². The molecule has 12 heteroatoms. The number of nitrogen functional groups attached to an aromatic ring is 1. The van der Waals surface area contributed by atoms with E-state index in [1.54, 1.807) is 18.6 Å². The standard InChI is InChI=1S/C18H20Cl2N8OS/c19-14-10(5-13(22)25-15(14)20)30-11-6-23-17(28-9-24-26-16(11)28)27-3-1-18(2-4-27)8-29-7-12(18)21/h5-6,9,12H,1-4,7-8,21H2,(H2,22,25). The molecule has 0 radical (unpaired) electrons. The van der Waals surface area contributed by atoms with Gasteiger partial charge in [0.05, 0.1) is 23.1 Å². The lowest BCUT2D eigenvalue weighted by atomic mass is 9.75. The van der Waals surface area contributed by atoms with Crippen molar-refractivity contribution in [3.05, 3.63) is 28.8 Å². The number of aromatic nitrogens is 5. The van der Waals surface area contributed by atoms with Gasteiger partial charge in [0, 0.05) is 35.6 Å². The Labute approximate surface area is 187 Å². The highest BCUT2D eigenvalue weighted by Crippen LogP contribution is 2.41. The first-order valence-electron chi connectivity index (χ1n) is 9.53. The molecule has 2 fully saturated rings. The van der Waals surface area contributed by atoms with Gasteiger partial charge in [-0.3, -0.25) is 0 Å². The maximum absolute atomic E-state index is 6.31. The van der Waals surface area contributed by atoms with Gasteiger partial charge in [-0.25, -0.2) is 14.4 Å². The lowest BCUT2D eigenvalue weighted by Crippen LogP contribution is -2.49. The number of rotatable bonds is 3. The number of halogens is 2. The van der Waals surface area contributed by atoms with Gasteiger partial charge in [0.15, 0.2) is 10.8 Å². The number of nitrogens with zero attached hydrogens (tertiary/aromatic N) is 6. The summed E-state index contributed by atoms with van der Waals surface area (Å²) in [4.78, 5) is 12.4. The van der Waals surface area contributed by atoms with Crippen LogP contribution in [0, 0.1) is 5.41 Å². The maximum Gasteiger partial charge on any atom is 0.212 e. The fourth-order valence-corrected chi connectivity index (χ4v) is 5.53. The van der Waals surface area contributed by atoms with E-state index in [1.807, 2.05) is 4.40 Å². The summed E-state index contributed by atoms with van der Waals surface area (Å²) >= 11 is 13.7. The molecule has 1 atom stereocenters. The molecular weight excluding hydrogens is 447 g/mol. The van der Waals surface area contributed by atoms with Crippen LogP contribution in [0.5, 0.6) is 0 Å². The molecule has 0 aliphatic carbocycles. The second-order valence-electron chi connectivity index (χ2n) is 7.67. The van der Waals surface area contributed by atoms with Crippen molar-refractivity contribution in [2.75, 3.05) is 36.9 Å². The van der Waals surface area contributed by atoms with E-state index in [1.165, 1.54) is 11.8 Å². The number of hydrogen-bond acceptors (Lipinski definition) is 9. The molecule has 5 rings (SSSR count). The first-order valence-corrected chi connectivity index (χ1v) is 11.1. The Bertz CT molecular complexity index is 1100. The van der Waals surface area contributed by atoms with Gasteiger partial charge in [-0.05, 0) is 18.9 Å². The second-order valence-corrected chi connectivity index (χ2v) is 9.49. The molecule has 2 aliphatic heterocycles. The number of ether oxygens (including phenoxy) is 1. The summed E-state index contributed by atoms with van der Waals surface area (Å²) in [6.07, 6.45) is 5.40. The first kappa shape index (κ1) is 20.1. The van der Waals surface area contributed by atoms with Crippen molar-refractivity contribution >= 4 is 52.4 Å². The van der Waals surface area contributed by atoms with Gasteiger partial charge in [-0.1, -0.05) is 35.0 Å². The molecule has 30 heavy (non-hydrogen) atoms. The number of fused-ring (bicyclic) bond motifs is 1. The maximum atomic E-state index is 6.31. The summed E-state index contributed by atoms with van der Waals surface area (Å²) < 4.78 is 7.52. The van der Waals surface area contributed by atoms with Crippen molar-refractivity contribution < 1.29 is 4.74 Å². The van der Waals surface area contributed by atoms with Crippen LogP contribution >= 0.6 is 35.0 Å². The van der Waals surface area contributed by atoms with E-state index < -0.39 is 0 Å². The summed E-state index contributed by atoms with van der Waals surface area (Å²) in [5.74, 6) is 1.10. The number of hydrogen-bond donors (Lipinski definition) is 2. The zero-order chi connectivity index (χ0) is 20.9. The summed E-state index contributed by atoms with van der Waals surface area (Å²) in [6, 6.07) is 1.78. The Kier molecular flexibility index (Phi) is 5.14. The predicted octanol–water partition coefficient (Wildman–Crippen LogP) is 2.50. The minimum absolute atomic E-state index is 0.0793. The highest BCUT2D eigenvalue weighted by atomic mass is 35.5. The molecule has 2 saturated heterocycles. The monoisotopic (exact) mass is 466 g/mol. The molecule has 4 N–H and O–H groups in total. The normalized spacial score (nSPS) is 21.0. The third-order valence-electron chi connectivity index (χ3n) is 5.92. The molecule has 158 valence electrons. The summed E-state index contributed by atoms with van der Waals surface area (Å²) in [7, 11) is 0. The Morgan fingerprint density at radius 2 is 2.03 bits per heavy atom. The molecule has 1 spiro atoms. The van der Waals surface area contributed by atoms with Gasteiger partial charge in [-0.15, -0.1) is 10.2 Å². The average Bonchev–Trinajstić information content (AvgIpc) is 3.35. The van der Waals surface area contributed by atoms with Gasteiger partial charge in [0.1, 0.15) is 12.1 Å². The lowest BCUT2D eigenvalue weighted by molar-refractivity contribution is 0.131. The van der Waals surface area contributed by atoms with E-state index in [2.05, 4.69) is 20.1 Å². The fraction of sp³-hybridized carbons (Fsp3) is 0.444. The van der Waals surface area contributed by atoms with E-state index in [0.29, 0.717) is 28.0 Å². The smallest absolute Gasteiger partial charge is 0.212 e. The van der Waals surface area contributed by atoms with Crippen LogP contribution in [0.25, 0.3) is 5.65 Å². The fourth-order valence-electron chi connectivity index (χ4n) is 4.12. The van der Waals surface area contributed by atoms with Crippen LogP contribution in [-0.4, -0.2) is 56.9 Å². The van der Waals surface area contributed by atoms with Crippen LogP contribution in [-0.2, 0) is 4.74 Å². The van der Waals surface area contributed by atoms with Gasteiger partial charge in [-0.2, -0.15) is 0 Å². The van der Waals surface area contributed by atoms with Gasteiger partial charge < -0.3 is 21.1 Å². The van der Waals surface area contributed by atoms with E-state index in [-0.39, 0.29) is 16.6 Å².